The zero-order valence-corrected chi connectivity index (χ0v) is 20.2. The second kappa shape index (κ2) is 11.3. The van der Waals surface area contributed by atoms with Gasteiger partial charge < -0.3 is 18.9 Å². The number of nitrogens with zero attached hydrogens (tertiary/aromatic N) is 3. The van der Waals surface area contributed by atoms with E-state index in [2.05, 4.69) is 10.3 Å². The summed E-state index contributed by atoms with van der Waals surface area (Å²) >= 11 is 0. The van der Waals surface area contributed by atoms with E-state index >= 15 is 0 Å². The summed E-state index contributed by atoms with van der Waals surface area (Å²) in [5.74, 6) is 0.684. The van der Waals surface area contributed by atoms with Crippen molar-refractivity contribution in [3.63, 3.8) is 0 Å². The minimum Gasteiger partial charge on any atom is -0.496 e. The van der Waals surface area contributed by atoms with Crippen LogP contribution in [0.1, 0.15) is 11.1 Å². The Bertz CT molecular complexity index is 1430. The first kappa shape index (κ1) is 23.9. The molecule has 0 N–H and O–H groups in total. The monoisotopic (exact) mass is 495 g/mol. The largest absolute Gasteiger partial charge is 0.496 e. The molecule has 0 aliphatic carbocycles. The van der Waals surface area contributed by atoms with Crippen molar-refractivity contribution in [2.45, 2.75) is 19.8 Å². The standard InChI is InChI=1S/C29H25N3O5/c1-34-25-15-9-8-14-23(25)24-18-32(31-30-24)17-16-26-27(35-19-21-10-4-2-5-11-21)28(29(33)37-26)36-20-22-12-6-3-7-13-22/h2-16,18H,17,19-20H2,1H3/b26-16-. The van der Waals surface area contributed by atoms with Gasteiger partial charge in [-0.15, -0.1) is 5.10 Å². The molecule has 0 saturated heterocycles. The Morgan fingerprint density at radius 1 is 0.838 bits per heavy atom. The summed E-state index contributed by atoms with van der Waals surface area (Å²) in [4.78, 5) is 12.7. The molecule has 37 heavy (non-hydrogen) atoms. The maximum Gasteiger partial charge on any atom is 0.383 e. The molecule has 2 heterocycles. The van der Waals surface area contributed by atoms with Crippen LogP contribution in [0.3, 0.4) is 0 Å². The number of ether oxygens (including phenoxy) is 4. The Morgan fingerprint density at radius 2 is 1.46 bits per heavy atom. The quantitative estimate of drug-likeness (QED) is 0.285. The van der Waals surface area contributed by atoms with Crippen molar-refractivity contribution in [3.8, 4) is 17.0 Å². The number of hydrogen-bond donors (Lipinski definition) is 0. The van der Waals surface area contributed by atoms with Crippen LogP contribution >= 0.6 is 0 Å². The third-order valence-corrected chi connectivity index (χ3v) is 5.66. The minimum atomic E-state index is -0.599. The first-order valence-corrected chi connectivity index (χ1v) is 11.7. The van der Waals surface area contributed by atoms with Crippen molar-refractivity contribution in [1.29, 1.82) is 0 Å². The van der Waals surface area contributed by atoms with Gasteiger partial charge in [0.1, 0.15) is 24.7 Å². The number of carbonyl (C=O) groups is 1. The van der Waals surface area contributed by atoms with E-state index in [0.29, 0.717) is 18.0 Å². The average molecular weight is 496 g/mol. The Balaban J connectivity index is 1.37. The van der Waals surface area contributed by atoms with E-state index in [0.717, 1.165) is 16.7 Å². The van der Waals surface area contributed by atoms with Crippen LogP contribution in [0.25, 0.3) is 11.3 Å². The van der Waals surface area contributed by atoms with E-state index in [4.69, 9.17) is 18.9 Å². The van der Waals surface area contributed by atoms with E-state index in [1.165, 1.54) is 0 Å². The molecule has 1 aliphatic rings. The summed E-state index contributed by atoms with van der Waals surface area (Å²) < 4.78 is 24.5. The lowest BCUT2D eigenvalue weighted by Gasteiger charge is -2.10. The van der Waals surface area contributed by atoms with Gasteiger partial charge in [-0.2, -0.15) is 0 Å². The van der Waals surface area contributed by atoms with Crippen LogP contribution in [-0.2, 0) is 38.8 Å². The van der Waals surface area contributed by atoms with E-state index < -0.39 is 5.97 Å². The maximum atomic E-state index is 12.7. The average Bonchev–Trinajstić information content (AvgIpc) is 3.54. The van der Waals surface area contributed by atoms with E-state index in [1.54, 1.807) is 24.1 Å². The number of hydrogen-bond acceptors (Lipinski definition) is 7. The van der Waals surface area contributed by atoms with Crippen molar-refractivity contribution >= 4 is 5.97 Å². The third-order valence-electron chi connectivity index (χ3n) is 5.66. The number of aromatic nitrogens is 3. The smallest absolute Gasteiger partial charge is 0.383 e. The third kappa shape index (κ3) is 5.70. The molecule has 1 aromatic heterocycles. The van der Waals surface area contributed by atoms with Crippen molar-refractivity contribution < 1.29 is 23.7 Å². The Hall–Kier alpha value is -4.85. The first-order valence-electron chi connectivity index (χ1n) is 11.7. The lowest BCUT2D eigenvalue weighted by atomic mass is 10.1. The maximum absolute atomic E-state index is 12.7. The lowest BCUT2D eigenvalue weighted by Crippen LogP contribution is -2.04. The van der Waals surface area contributed by atoms with Crippen molar-refractivity contribution in [2.75, 3.05) is 7.11 Å². The van der Waals surface area contributed by atoms with Gasteiger partial charge in [0, 0.05) is 5.56 Å². The number of benzene rings is 3. The molecular formula is C29H25N3O5. The number of methoxy groups -OCH3 is 1. The van der Waals surface area contributed by atoms with Crippen LogP contribution in [0.15, 0.2) is 114 Å². The summed E-state index contributed by atoms with van der Waals surface area (Å²) in [6, 6.07) is 26.9. The lowest BCUT2D eigenvalue weighted by molar-refractivity contribution is -0.136. The number of carbonyl (C=O) groups excluding carboxylic acids is 1. The molecule has 8 nitrogen and oxygen atoms in total. The number of para-hydroxylation sites is 1. The zero-order chi connectivity index (χ0) is 25.5. The summed E-state index contributed by atoms with van der Waals surface area (Å²) in [5.41, 5.74) is 3.38. The highest BCUT2D eigenvalue weighted by Gasteiger charge is 2.34. The van der Waals surface area contributed by atoms with Crippen LogP contribution in [0.2, 0.25) is 0 Å². The zero-order valence-electron chi connectivity index (χ0n) is 20.2. The molecule has 186 valence electrons. The molecule has 0 unspecified atom stereocenters. The van der Waals surface area contributed by atoms with Crippen molar-refractivity contribution in [3.05, 3.63) is 126 Å². The second-order valence-electron chi connectivity index (χ2n) is 8.19. The molecule has 8 heteroatoms. The van der Waals surface area contributed by atoms with Gasteiger partial charge in [-0.3, -0.25) is 0 Å². The van der Waals surface area contributed by atoms with Crippen LogP contribution in [-0.4, -0.2) is 28.1 Å². The van der Waals surface area contributed by atoms with Gasteiger partial charge in [0.05, 0.1) is 19.9 Å². The van der Waals surface area contributed by atoms with Crippen molar-refractivity contribution in [1.82, 2.24) is 15.0 Å². The molecule has 0 spiro atoms. The van der Waals surface area contributed by atoms with Gasteiger partial charge in [-0.1, -0.05) is 78.0 Å². The molecule has 0 radical (unpaired) electrons. The number of allylic oxidation sites excluding steroid dienone is 1. The highest BCUT2D eigenvalue weighted by molar-refractivity contribution is 5.91. The number of rotatable bonds is 10. The molecule has 5 rings (SSSR count). The fourth-order valence-corrected chi connectivity index (χ4v) is 3.80. The number of esters is 1. The topological polar surface area (TPSA) is 84.7 Å². The van der Waals surface area contributed by atoms with Gasteiger partial charge in [0.25, 0.3) is 5.76 Å². The fourth-order valence-electron chi connectivity index (χ4n) is 3.80. The highest BCUT2D eigenvalue weighted by Crippen LogP contribution is 2.31. The Kier molecular flexibility index (Phi) is 7.26. The van der Waals surface area contributed by atoms with E-state index in [1.807, 2.05) is 84.9 Å². The van der Waals surface area contributed by atoms with E-state index in [-0.39, 0.29) is 30.5 Å². The van der Waals surface area contributed by atoms with Crippen LogP contribution in [0, 0.1) is 0 Å². The molecule has 0 atom stereocenters. The fraction of sp³-hybridized carbons (Fsp3) is 0.138. The van der Waals surface area contributed by atoms with Crippen molar-refractivity contribution in [2.24, 2.45) is 0 Å². The second-order valence-corrected chi connectivity index (χ2v) is 8.19. The van der Waals surface area contributed by atoms with Gasteiger partial charge >= 0.3 is 5.97 Å². The molecule has 0 saturated carbocycles. The molecule has 0 amide bonds. The molecule has 4 aromatic rings. The molecular weight excluding hydrogens is 470 g/mol. The summed E-state index contributed by atoms with van der Waals surface area (Å²) in [6.07, 6.45) is 3.52. The van der Waals surface area contributed by atoms with Crippen LogP contribution < -0.4 is 4.74 Å². The molecule has 3 aromatic carbocycles. The van der Waals surface area contributed by atoms with Gasteiger partial charge in [-0.05, 0) is 29.3 Å². The summed E-state index contributed by atoms with van der Waals surface area (Å²) in [7, 11) is 1.61. The summed E-state index contributed by atoms with van der Waals surface area (Å²) in [5, 5.41) is 8.46. The Labute approximate surface area is 214 Å². The van der Waals surface area contributed by atoms with Crippen LogP contribution in [0.5, 0.6) is 5.75 Å². The predicted molar refractivity (Wildman–Crippen MR) is 136 cm³/mol. The van der Waals surface area contributed by atoms with Gasteiger partial charge in [0.2, 0.25) is 5.76 Å². The van der Waals surface area contributed by atoms with Crippen LogP contribution in [0.4, 0.5) is 0 Å². The van der Waals surface area contributed by atoms with Gasteiger partial charge in [-0.25, -0.2) is 9.48 Å². The normalized spacial score (nSPS) is 14.1. The molecule has 0 fully saturated rings. The predicted octanol–water partition coefficient (Wildman–Crippen LogP) is 5.04. The minimum absolute atomic E-state index is 0.0411. The number of cyclic esters (lactones) is 1. The Morgan fingerprint density at radius 3 is 2.14 bits per heavy atom. The van der Waals surface area contributed by atoms with Gasteiger partial charge in [0.15, 0.2) is 5.76 Å². The summed E-state index contributed by atoms with van der Waals surface area (Å²) in [6.45, 7) is 0.765. The highest BCUT2D eigenvalue weighted by atomic mass is 16.6. The first-order chi connectivity index (χ1) is 18.2. The van der Waals surface area contributed by atoms with E-state index in [9.17, 15) is 4.79 Å². The molecule has 0 bridgehead atoms. The SMILES string of the molecule is COc1ccccc1-c1cn(C/C=C2\OC(=O)C(OCc3ccccc3)=C2OCc2ccccc2)nn1. The molecule has 1 aliphatic heterocycles.